The van der Waals surface area contributed by atoms with Gasteiger partial charge in [0, 0.05) is 41.6 Å². The number of alkyl halides is 4. The number of halogens is 4. The Balaban J connectivity index is 1.60. The van der Waals surface area contributed by atoms with Crippen LogP contribution in [-0.4, -0.2) is 40.6 Å². The molecule has 0 aliphatic heterocycles. The van der Waals surface area contributed by atoms with E-state index in [2.05, 4.69) is 20.0 Å². The molecule has 10 heteroatoms. The molecule has 1 fully saturated rings. The van der Waals surface area contributed by atoms with Gasteiger partial charge in [-0.3, -0.25) is 14.6 Å². The van der Waals surface area contributed by atoms with E-state index >= 15 is 0 Å². The van der Waals surface area contributed by atoms with Crippen molar-refractivity contribution in [1.29, 1.82) is 0 Å². The third kappa shape index (κ3) is 6.24. The van der Waals surface area contributed by atoms with Gasteiger partial charge in [-0.25, -0.2) is 13.8 Å². The number of nitrogens with zero attached hydrogens (tertiary/aromatic N) is 2. The standard InChI is InChI=1S/C22H23F4N3O3/c1-12-7-16(8-17(28-12)9-18(30)14-3-4-14)20(31)29-13(2)15-5-6-19(27-10-15)32-11-22(25,26)21(23)24/h5-8,10,13-14,21H,3-4,9,11H2,1-2H3,(H,29,31). The molecule has 0 saturated heterocycles. The molecule has 2 aromatic rings. The molecule has 2 aromatic heterocycles. The van der Waals surface area contributed by atoms with E-state index in [0.717, 1.165) is 12.8 Å². The lowest BCUT2D eigenvalue weighted by molar-refractivity contribution is -0.148. The Morgan fingerprint density at radius 3 is 2.56 bits per heavy atom. The van der Waals surface area contributed by atoms with Gasteiger partial charge in [0.05, 0.1) is 6.04 Å². The molecule has 1 saturated carbocycles. The molecule has 1 unspecified atom stereocenters. The molecule has 1 amide bonds. The van der Waals surface area contributed by atoms with Gasteiger partial charge in [0.1, 0.15) is 5.78 Å². The summed E-state index contributed by atoms with van der Waals surface area (Å²) in [4.78, 5) is 32.9. The lowest BCUT2D eigenvalue weighted by Crippen LogP contribution is -2.33. The third-order valence-corrected chi connectivity index (χ3v) is 5.00. The Labute approximate surface area is 182 Å². The normalized spacial score (nSPS) is 14.8. The Morgan fingerprint density at radius 1 is 1.25 bits per heavy atom. The Bertz CT molecular complexity index is 979. The van der Waals surface area contributed by atoms with Gasteiger partial charge in [-0.2, -0.15) is 8.78 Å². The number of carbonyl (C=O) groups is 2. The summed E-state index contributed by atoms with van der Waals surface area (Å²) in [6, 6.07) is 5.47. The molecule has 0 radical (unpaired) electrons. The van der Waals surface area contributed by atoms with Crippen molar-refractivity contribution >= 4 is 11.7 Å². The summed E-state index contributed by atoms with van der Waals surface area (Å²) in [5.74, 6) is -4.65. The number of carbonyl (C=O) groups excluding carboxylic acids is 2. The van der Waals surface area contributed by atoms with Crippen LogP contribution in [0.4, 0.5) is 17.6 Å². The number of hydrogen-bond donors (Lipinski definition) is 1. The second-order valence-corrected chi connectivity index (χ2v) is 7.88. The predicted molar refractivity (Wildman–Crippen MR) is 107 cm³/mol. The van der Waals surface area contributed by atoms with Crippen LogP contribution in [0.2, 0.25) is 0 Å². The number of rotatable bonds is 10. The summed E-state index contributed by atoms with van der Waals surface area (Å²) in [5.41, 5.74) is 2.09. The van der Waals surface area contributed by atoms with E-state index in [-0.39, 0.29) is 29.9 Å². The highest BCUT2D eigenvalue weighted by Gasteiger charge is 2.41. The highest BCUT2D eigenvalue weighted by atomic mass is 19.3. The number of amides is 1. The first-order chi connectivity index (χ1) is 15.0. The summed E-state index contributed by atoms with van der Waals surface area (Å²) in [7, 11) is 0. The van der Waals surface area contributed by atoms with Crippen LogP contribution in [0.25, 0.3) is 0 Å². The van der Waals surface area contributed by atoms with Crippen LogP contribution < -0.4 is 10.1 Å². The van der Waals surface area contributed by atoms with Crippen LogP contribution in [0.5, 0.6) is 5.88 Å². The van der Waals surface area contributed by atoms with Crippen LogP contribution in [0.15, 0.2) is 30.5 Å². The molecule has 1 aliphatic rings. The van der Waals surface area contributed by atoms with Gasteiger partial charge in [-0.15, -0.1) is 0 Å². The predicted octanol–water partition coefficient (Wildman–Crippen LogP) is 4.08. The number of nitrogens with one attached hydrogen (secondary N) is 1. The van der Waals surface area contributed by atoms with E-state index in [1.54, 1.807) is 26.0 Å². The zero-order valence-corrected chi connectivity index (χ0v) is 17.6. The first kappa shape index (κ1) is 23.6. The number of ketones is 1. The molecule has 1 N–H and O–H groups in total. The van der Waals surface area contributed by atoms with Crippen LogP contribution in [0.1, 0.15) is 53.1 Å². The molecular formula is C22H23F4N3O3. The van der Waals surface area contributed by atoms with Gasteiger partial charge in [0.2, 0.25) is 5.88 Å². The number of aromatic nitrogens is 2. The zero-order valence-electron chi connectivity index (χ0n) is 17.6. The van der Waals surface area contributed by atoms with E-state index in [9.17, 15) is 27.2 Å². The zero-order chi connectivity index (χ0) is 23.5. The second kappa shape index (κ2) is 9.62. The second-order valence-electron chi connectivity index (χ2n) is 7.88. The smallest absolute Gasteiger partial charge is 0.340 e. The van der Waals surface area contributed by atoms with Crippen LogP contribution in [0.3, 0.4) is 0 Å². The van der Waals surface area contributed by atoms with Crippen molar-refractivity contribution in [3.05, 3.63) is 53.0 Å². The Morgan fingerprint density at radius 2 is 1.97 bits per heavy atom. The molecule has 6 nitrogen and oxygen atoms in total. The van der Waals surface area contributed by atoms with Crippen molar-refractivity contribution in [1.82, 2.24) is 15.3 Å². The molecule has 1 aliphatic carbocycles. The molecule has 0 aromatic carbocycles. The molecule has 0 bridgehead atoms. The van der Waals surface area contributed by atoms with Crippen molar-refractivity contribution in [3.63, 3.8) is 0 Å². The van der Waals surface area contributed by atoms with Gasteiger partial charge in [-0.1, -0.05) is 6.07 Å². The molecule has 172 valence electrons. The van der Waals surface area contributed by atoms with Gasteiger partial charge in [0.25, 0.3) is 5.91 Å². The van der Waals surface area contributed by atoms with Crippen LogP contribution in [-0.2, 0) is 11.2 Å². The fraction of sp³-hybridized carbons (Fsp3) is 0.455. The number of hydrogen-bond acceptors (Lipinski definition) is 5. The summed E-state index contributed by atoms with van der Waals surface area (Å²) in [5, 5.41) is 2.79. The highest BCUT2D eigenvalue weighted by Crippen LogP contribution is 2.31. The number of aryl methyl sites for hydroxylation is 1. The Kier molecular flexibility index (Phi) is 7.10. The summed E-state index contributed by atoms with van der Waals surface area (Å²) in [6.07, 6.45) is -0.526. The molecular weight excluding hydrogens is 430 g/mol. The minimum atomic E-state index is -4.27. The fourth-order valence-electron chi connectivity index (χ4n) is 3.02. The van der Waals surface area contributed by atoms with E-state index in [1.165, 1.54) is 18.3 Å². The molecule has 32 heavy (non-hydrogen) atoms. The molecule has 1 atom stereocenters. The van der Waals surface area contributed by atoms with Crippen LogP contribution >= 0.6 is 0 Å². The Hall–Kier alpha value is -3.04. The largest absolute Gasteiger partial charge is 0.471 e. The van der Waals surface area contributed by atoms with Crippen molar-refractivity contribution < 1.29 is 31.9 Å². The maximum atomic E-state index is 12.9. The molecule has 2 heterocycles. The summed E-state index contributed by atoms with van der Waals surface area (Å²) in [6.45, 7) is 1.95. The van der Waals surface area contributed by atoms with Crippen molar-refractivity contribution in [2.24, 2.45) is 5.92 Å². The summed E-state index contributed by atoms with van der Waals surface area (Å²) >= 11 is 0. The first-order valence-corrected chi connectivity index (χ1v) is 10.1. The highest BCUT2D eigenvalue weighted by molar-refractivity contribution is 5.95. The van der Waals surface area contributed by atoms with E-state index < -0.39 is 25.0 Å². The van der Waals surface area contributed by atoms with Gasteiger partial charge in [0.15, 0.2) is 6.61 Å². The lowest BCUT2D eigenvalue weighted by atomic mass is 10.1. The molecule has 0 spiro atoms. The average Bonchev–Trinajstić information content (AvgIpc) is 3.57. The number of Topliss-reactive ketones (excluding diaryl/α,β-unsaturated/α-hetero) is 1. The van der Waals surface area contributed by atoms with Crippen molar-refractivity contribution in [3.8, 4) is 5.88 Å². The van der Waals surface area contributed by atoms with Gasteiger partial charge in [-0.05, 0) is 44.4 Å². The third-order valence-electron chi connectivity index (χ3n) is 5.00. The number of pyridine rings is 2. The topological polar surface area (TPSA) is 81.2 Å². The summed E-state index contributed by atoms with van der Waals surface area (Å²) < 4.78 is 54.9. The van der Waals surface area contributed by atoms with E-state index in [4.69, 9.17) is 0 Å². The quantitative estimate of drug-likeness (QED) is 0.549. The van der Waals surface area contributed by atoms with E-state index in [1.807, 2.05) is 0 Å². The van der Waals surface area contributed by atoms with Crippen LogP contribution in [0, 0.1) is 12.8 Å². The monoisotopic (exact) mass is 453 g/mol. The van der Waals surface area contributed by atoms with Gasteiger partial charge >= 0.3 is 12.3 Å². The minimum Gasteiger partial charge on any atom is -0.471 e. The SMILES string of the molecule is Cc1cc(C(=O)NC(C)c2ccc(OCC(F)(F)C(F)F)nc2)cc(CC(=O)C2CC2)n1. The minimum absolute atomic E-state index is 0.107. The van der Waals surface area contributed by atoms with Gasteiger partial charge < -0.3 is 10.1 Å². The van der Waals surface area contributed by atoms with Crippen molar-refractivity contribution in [2.75, 3.05) is 6.61 Å². The van der Waals surface area contributed by atoms with E-state index in [0.29, 0.717) is 22.5 Å². The number of ether oxygens (including phenoxy) is 1. The maximum Gasteiger partial charge on any atom is 0.340 e. The lowest BCUT2D eigenvalue weighted by Gasteiger charge is -2.17. The average molecular weight is 453 g/mol. The fourth-order valence-corrected chi connectivity index (χ4v) is 3.02. The van der Waals surface area contributed by atoms with Crippen molar-refractivity contribution in [2.45, 2.75) is 51.5 Å². The maximum absolute atomic E-state index is 12.9. The first-order valence-electron chi connectivity index (χ1n) is 10.1. The molecule has 3 rings (SSSR count).